The van der Waals surface area contributed by atoms with Crippen LogP contribution in [-0.2, 0) is 0 Å². The van der Waals surface area contributed by atoms with Gasteiger partial charge in [-0.25, -0.2) is 4.39 Å². The lowest BCUT2D eigenvalue weighted by Crippen LogP contribution is -2.27. The summed E-state index contributed by atoms with van der Waals surface area (Å²) in [5.74, 6) is 0.582. The molecule has 8 heteroatoms. The lowest BCUT2D eigenvalue weighted by atomic mass is 10.0. The molecule has 168 valence electrons. The number of aromatic nitrogens is 1. The molecule has 2 heterocycles. The van der Waals surface area contributed by atoms with Crippen molar-refractivity contribution < 1.29 is 18.7 Å². The number of ether oxygens (including phenoxy) is 2. The van der Waals surface area contributed by atoms with Crippen LogP contribution in [0.5, 0.6) is 11.5 Å². The molecule has 1 atom stereocenters. The first-order valence-corrected chi connectivity index (χ1v) is 10.6. The van der Waals surface area contributed by atoms with Crippen molar-refractivity contribution in [1.29, 1.82) is 0 Å². The van der Waals surface area contributed by atoms with Crippen LogP contribution in [0.2, 0.25) is 0 Å². The summed E-state index contributed by atoms with van der Waals surface area (Å²) in [5, 5.41) is 2.96. The molecule has 0 bridgehead atoms. The monoisotopic (exact) mass is 439 g/mol. The van der Waals surface area contributed by atoms with Gasteiger partial charge in [-0.1, -0.05) is 26.0 Å². The summed E-state index contributed by atoms with van der Waals surface area (Å²) in [6, 6.07) is 7.69. The summed E-state index contributed by atoms with van der Waals surface area (Å²) in [6.07, 6.45) is 1.93. The zero-order valence-electron chi connectivity index (χ0n) is 18.3. The molecular weight excluding hydrogens is 413 g/mol. The van der Waals surface area contributed by atoms with Crippen molar-refractivity contribution in [1.82, 2.24) is 4.57 Å². The van der Waals surface area contributed by atoms with Crippen LogP contribution in [0, 0.1) is 5.82 Å². The molecular formula is C24H26FN3O4. The number of rotatable bonds is 7. The van der Waals surface area contributed by atoms with Crippen LogP contribution in [-0.4, -0.2) is 30.6 Å². The average molecular weight is 439 g/mol. The first-order valence-electron chi connectivity index (χ1n) is 10.6. The maximum absolute atomic E-state index is 15.2. The number of carbonyl (C=O) groups excluding carboxylic acids is 1. The first-order chi connectivity index (χ1) is 15.3. The van der Waals surface area contributed by atoms with E-state index < -0.39 is 11.2 Å². The van der Waals surface area contributed by atoms with Gasteiger partial charge in [0.1, 0.15) is 24.7 Å². The summed E-state index contributed by atoms with van der Waals surface area (Å²) in [7, 11) is 0. The van der Waals surface area contributed by atoms with Gasteiger partial charge in [-0.15, -0.1) is 0 Å². The van der Waals surface area contributed by atoms with E-state index in [9.17, 15) is 9.59 Å². The fourth-order valence-corrected chi connectivity index (χ4v) is 3.91. The van der Waals surface area contributed by atoms with Crippen molar-refractivity contribution in [3.63, 3.8) is 0 Å². The molecule has 2 aromatic carbocycles. The van der Waals surface area contributed by atoms with Crippen LogP contribution in [0.3, 0.4) is 0 Å². The topological polar surface area (TPSA) is 95.6 Å². The zero-order valence-corrected chi connectivity index (χ0v) is 18.3. The summed E-state index contributed by atoms with van der Waals surface area (Å²) < 4.78 is 28.5. The number of pyridine rings is 1. The van der Waals surface area contributed by atoms with E-state index in [0.29, 0.717) is 17.7 Å². The molecule has 0 fully saturated rings. The maximum Gasteiger partial charge on any atom is 0.202 e. The van der Waals surface area contributed by atoms with Crippen molar-refractivity contribution in [2.45, 2.75) is 32.7 Å². The number of nitrogen functional groups attached to an aromatic ring is 1. The van der Waals surface area contributed by atoms with Gasteiger partial charge < -0.3 is 25.1 Å². The van der Waals surface area contributed by atoms with Gasteiger partial charge in [-0.05, 0) is 30.5 Å². The molecule has 7 nitrogen and oxygen atoms in total. The lowest BCUT2D eigenvalue weighted by molar-refractivity contribution is 0.112. The van der Waals surface area contributed by atoms with Gasteiger partial charge in [0.15, 0.2) is 17.9 Å². The number of nitrogens with one attached hydrogen (secondary N) is 1. The van der Waals surface area contributed by atoms with Gasteiger partial charge in [-0.2, -0.15) is 0 Å². The third-order valence-electron chi connectivity index (χ3n) is 5.72. The maximum atomic E-state index is 15.2. The molecule has 0 saturated carbocycles. The van der Waals surface area contributed by atoms with E-state index in [1.807, 2.05) is 31.2 Å². The van der Waals surface area contributed by atoms with E-state index >= 15 is 4.39 Å². The molecule has 4 rings (SSSR count). The van der Waals surface area contributed by atoms with E-state index in [1.54, 1.807) is 4.57 Å². The number of hydrogen-bond acceptors (Lipinski definition) is 6. The highest BCUT2D eigenvalue weighted by Crippen LogP contribution is 2.42. The zero-order chi connectivity index (χ0) is 23.0. The molecule has 0 aliphatic carbocycles. The molecule has 1 aromatic heterocycles. The minimum Gasteiger partial charge on any atom is -0.492 e. The Labute approximate surface area is 184 Å². The van der Waals surface area contributed by atoms with Crippen molar-refractivity contribution in [3.8, 4) is 11.5 Å². The standard InChI is InChI=1S/C24H26FN3O4/c1-13(2)15-4-6-17(7-5-15)31-9-8-27-21-19(25)20(26)18-22-24(21)32-12-14(3)28(22)10-16(11-29)23(18)30/h4-7,10-11,13-14,27H,8-9,12,26H2,1-3H3/t14-/m0/s1. The molecule has 0 unspecified atom stereocenters. The lowest BCUT2D eigenvalue weighted by Gasteiger charge is -2.29. The minimum atomic E-state index is -0.782. The third kappa shape index (κ3) is 3.66. The number of benzene rings is 2. The SMILES string of the molecule is CC(C)c1ccc(OCCNc2c(F)c(N)c3c(=O)c(C=O)cn4c3c2OC[C@@H]4C)cc1. The molecule has 3 aromatic rings. The summed E-state index contributed by atoms with van der Waals surface area (Å²) in [4.78, 5) is 24.0. The number of halogens is 1. The summed E-state index contributed by atoms with van der Waals surface area (Å²) in [5.41, 5.74) is 6.70. The number of nitrogens with two attached hydrogens (primary N) is 1. The molecule has 1 aliphatic heterocycles. The van der Waals surface area contributed by atoms with Crippen LogP contribution < -0.4 is 26.0 Å². The highest BCUT2D eigenvalue weighted by Gasteiger charge is 2.29. The quantitative estimate of drug-likeness (QED) is 0.327. The Bertz CT molecular complexity index is 1240. The Balaban J connectivity index is 1.62. The van der Waals surface area contributed by atoms with E-state index in [2.05, 4.69) is 19.2 Å². The molecule has 1 aliphatic rings. The van der Waals surface area contributed by atoms with Gasteiger partial charge in [0, 0.05) is 12.7 Å². The van der Waals surface area contributed by atoms with Crippen molar-refractivity contribution in [2.24, 2.45) is 0 Å². The predicted octanol–water partition coefficient (Wildman–Crippen LogP) is 4.10. The van der Waals surface area contributed by atoms with Gasteiger partial charge in [0.05, 0.1) is 28.2 Å². The molecule has 0 saturated heterocycles. The number of anilines is 2. The van der Waals surface area contributed by atoms with Crippen molar-refractivity contribution in [2.75, 3.05) is 30.8 Å². The number of aldehydes is 1. The van der Waals surface area contributed by atoms with Crippen molar-refractivity contribution in [3.05, 3.63) is 57.6 Å². The fraction of sp³-hybridized carbons (Fsp3) is 0.333. The van der Waals surface area contributed by atoms with Crippen LogP contribution in [0.1, 0.15) is 48.7 Å². The van der Waals surface area contributed by atoms with E-state index in [-0.39, 0.29) is 53.9 Å². The molecule has 3 N–H and O–H groups in total. The Hall–Kier alpha value is -3.55. The Morgan fingerprint density at radius 1 is 1.34 bits per heavy atom. The van der Waals surface area contributed by atoms with E-state index in [0.717, 1.165) is 5.75 Å². The predicted molar refractivity (Wildman–Crippen MR) is 123 cm³/mol. The average Bonchev–Trinajstić information content (AvgIpc) is 2.78. The Morgan fingerprint density at radius 3 is 2.72 bits per heavy atom. The second-order valence-electron chi connectivity index (χ2n) is 8.25. The second-order valence-corrected chi connectivity index (χ2v) is 8.25. The van der Waals surface area contributed by atoms with Crippen LogP contribution in [0.25, 0.3) is 10.9 Å². The third-order valence-corrected chi connectivity index (χ3v) is 5.72. The Morgan fingerprint density at radius 2 is 2.06 bits per heavy atom. The number of nitrogens with zero attached hydrogens (tertiary/aromatic N) is 1. The summed E-state index contributed by atoms with van der Waals surface area (Å²) in [6.45, 7) is 6.96. The molecule has 0 radical (unpaired) electrons. The van der Waals surface area contributed by atoms with E-state index in [4.69, 9.17) is 15.2 Å². The Kier molecular flexibility index (Phi) is 5.78. The smallest absolute Gasteiger partial charge is 0.202 e. The van der Waals surface area contributed by atoms with Gasteiger partial charge in [-0.3, -0.25) is 9.59 Å². The van der Waals surface area contributed by atoms with Gasteiger partial charge in [0.25, 0.3) is 0 Å². The second kappa shape index (κ2) is 8.53. The van der Waals surface area contributed by atoms with Crippen LogP contribution in [0.4, 0.5) is 15.8 Å². The largest absolute Gasteiger partial charge is 0.492 e. The highest BCUT2D eigenvalue weighted by atomic mass is 19.1. The molecule has 0 spiro atoms. The normalized spacial score (nSPS) is 15.0. The van der Waals surface area contributed by atoms with Gasteiger partial charge in [0.2, 0.25) is 5.43 Å². The van der Waals surface area contributed by atoms with Crippen molar-refractivity contribution >= 4 is 28.6 Å². The van der Waals surface area contributed by atoms with Crippen LogP contribution >= 0.6 is 0 Å². The fourth-order valence-electron chi connectivity index (χ4n) is 3.91. The summed E-state index contributed by atoms with van der Waals surface area (Å²) >= 11 is 0. The number of hydrogen-bond donors (Lipinski definition) is 2. The minimum absolute atomic E-state index is 0.0410. The van der Waals surface area contributed by atoms with Crippen LogP contribution in [0.15, 0.2) is 35.3 Å². The van der Waals surface area contributed by atoms with Gasteiger partial charge >= 0.3 is 0 Å². The van der Waals surface area contributed by atoms with E-state index in [1.165, 1.54) is 11.8 Å². The molecule has 0 amide bonds. The highest BCUT2D eigenvalue weighted by molar-refractivity contribution is 6.02. The first kappa shape index (κ1) is 21.7. The molecule has 32 heavy (non-hydrogen) atoms. The number of carbonyl (C=O) groups is 1.